The van der Waals surface area contributed by atoms with Gasteiger partial charge >= 0.3 is 0 Å². The molecule has 0 saturated heterocycles. The van der Waals surface area contributed by atoms with Crippen molar-refractivity contribution in [1.29, 1.82) is 0 Å². The van der Waals surface area contributed by atoms with Crippen LogP contribution in [0, 0.1) is 0 Å². The first-order valence-electron chi connectivity index (χ1n) is 5.18. The lowest BCUT2D eigenvalue weighted by atomic mass is 10.3. The Morgan fingerprint density at radius 1 is 1.37 bits per heavy atom. The number of hydrogen-bond acceptors (Lipinski definition) is 5. The fraction of sp³-hybridized carbons (Fsp3) is 0.200. The van der Waals surface area contributed by atoms with Gasteiger partial charge in [-0.1, -0.05) is 22.0 Å². The normalized spacial score (nSPS) is 21.6. The van der Waals surface area contributed by atoms with Crippen molar-refractivity contribution < 1.29 is 16.8 Å². The van der Waals surface area contributed by atoms with Crippen molar-refractivity contribution in [3.63, 3.8) is 0 Å². The molecule has 1 unspecified atom stereocenters. The number of anilines is 1. The smallest absolute Gasteiger partial charge is 0.243 e. The first-order chi connectivity index (χ1) is 8.70. The van der Waals surface area contributed by atoms with E-state index in [-0.39, 0.29) is 16.3 Å². The van der Waals surface area contributed by atoms with Crippen LogP contribution in [0.3, 0.4) is 0 Å². The quantitative estimate of drug-likeness (QED) is 0.762. The number of benzene rings is 1. The Kier molecular flexibility index (Phi) is 3.74. The zero-order chi connectivity index (χ0) is 14.3. The van der Waals surface area contributed by atoms with Crippen LogP contribution in [0.25, 0.3) is 0 Å². The van der Waals surface area contributed by atoms with E-state index in [1.54, 1.807) is 6.07 Å². The second kappa shape index (κ2) is 4.89. The summed E-state index contributed by atoms with van der Waals surface area (Å²) in [5.74, 6) is -0.278. The molecule has 0 fully saturated rings. The number of hydrogen-bond donors (Lipinski definition) is 2. The minimum Gasteiger partial charge on any atom is -0.398 e. The van der Waals surface area contributed by atoms with E-state index in [1.165, 1.54) is 18.2 Å². The molecule has 104 valence electrons. The van der Waals surface area contributed by atoms with Gasteiger partial charge in [-0.25, -0.2) is 21.6 Å². The number of nitrogens with one attached hydrogen (secondary N) is 1. The van der Waals surface area contributed by atoms with Gasteiger partial charge in [0.25, 0.3) is 0 Å². The summed E-state index contributed by atoms with van der Waals surface area (Å²) in [7, 11) is -7.18. The molecule has 1 aliphatic rings. The fourth-order valence-electron chi connectivity index (χ4n) is 1.65. The summed E-state index contributed by atoms with van der Waals surface area (Å²) in [5, 5.41) is 1.00. The molecule has 0 radical (unpaired) electrons. The molecule has 0 spiro atoms. The summed E-state index contributed by atoms with van der Waals surface area (Å²) in [6.07, 6.45) is 1.31. The Morgan fingerprint density at radius 3 is 2.63 bits per heavy atom. The highest BCUT2D eigenvalue weighted by molar-refractivity contribution is 9.10. The van der Waals surface area contributed by atoms with E-state index < -0.39 is 25.9 Å². The summed E-state index contributed by atoms with van der Waals surface area (Å²) in [6.45, 7) is 0. The van der Waals surface area contributed by atoms with Gasteiger partial charge in [0.05, 0.1) is 17.5 Å². The topological polar surface area (TPSA) is 106 Å². The molecular formula is C10H11BrN2O4S2. The number of nitrogen functional groups attached to an aromatic ring is 1. The lowest BCUT2D eigenvalue weighted by Crippen LogP contribution is -2.35. The number of nitrogens with two attached hydrogens (primary N) is 1. The van der Waals surface area contributed by atoms with Crippen molar-refractivity contribution in [3.8, 4) is 0 Å². The van der Waals surface area contributed by atoms with Gasteiger partial charge < -0.3 is 5.73 Å². The van der Waals surface area contributed by atoms with E-state index in [0.29, 0.717) is 4.47 Å². The summed E-state index contributed by atoms with van der Waals surface area (Å²) < 4.78 is 49.6. The molecule has 1 heterocycles. The Balaban J connectivity index is 2.29. The van der Waals surface area contributed by atoms with E-state index in [9.17, 15) is 16.8 Å². The molecule has 0 saturated carbocycles. The zero-order valence-electron chi connectivity index (χ0n) is 9.58. The first-order valence-corrected chi connectivity index (χ1v) is 9.17. The van der Waals surface area contributed by atoms with Crippen LogP contribution in [0.15, 0.2) is 39.1 Å². The Bertz CT molecular complexity index is 741. The Labute approximate surface area is 119 Å². The molecular weight excluding hydrogens is 356 g/mol. The van der Waals surface area contributed by atoms with Gasteiger partial charge in [0.1, 0.15) is 4.90 Å². The van der Waals surface area contributed by atoms with Crippen molar-refractivity contribution in [1.82, 2.24) is 4.72 Å². The third-order valence-corrected chi connectivity index (χ3v) is 5.94. The van der Waals surface area contributed by atoms with E-state index >= 15 is 0 Å². The van der Waals surface area contributed by atoms with Crippen molar-refractivity contribution >= 4 is 41.5 Å². The maximum Gasteiger partial charge on any atom is 0.243 e. The minimum absolute atomic E-state index is 0.0837. The number of sulfone groups is 1. The standard InChI is InChI=1S/C10H11BrN2O4S2/c11-7-1-2-9(12)10(5-7)19(16,17)13-8-3-4-18(14,15)6-8/h1-5,8,13H,6,12H2. The maximum absolute atomic E-state index is 12.1. The Morgan fingerprint density at radius 2 is 2.05 bits per heavy atom. The minimum atomic E-state index is -3.87. The van der Waals surface area contributed by atoms with E-state index in [4.69, 9.17) is 5.73 Å². The second-order valence-electron chi connectivity index (χ2n) is 4.07. The highest BCUT2D eigenvalue weighted by atomic mass is 79.9. The summed E-state index contributed by atoms with van der Waals surface area (Å²) >= 11 is 3.16. The second-order valence-corrected chi connectivity index (χ2v) is 8.60. The third-order valence-electron chi connectivity index (χ3n) is 2.50. The molecule has 1 aromatic carbocycles. The molecule has 3 N–H and O–H groups in total. The van der Waals surface area contributed by atoms with Crippen LogP contribution >= 0.6 is 15.9 Å². The molecule has 0 amide bonds. The van der Waals surface area contributed by atoms with Gasteiger partial charge in [-0.15, -0.1) is 0 Å². The van der Waals surface area contributed by atoms with Gasteiger partial charge in [0.15, 0.2) is 9.84 Å². The van der Waals surface area contributed by atoms with Crippen LogP contribution in [-0.2, 0) is 19.9 Å². The first kappa shape index (κ1) is 14.5. The van der Waals surface area contributed by atoms with Crippen molar-refractivity contribution in [2.45, 2.75) is 10.9 Å². The lowest BCUT2D eigenvalue weighted by molar-refractivity contribution is 0.575. The Hall–Kier alpha value is -0.900. The third kappa shape index (κ3) is 3.35. The largest absolute Gasteiger partial charge is 0.398 e. The highest BCUT2D eigenvalue weighted by Crippen LogP contribution is 2.23. The van der Waals surface area contributed by atoms with E-state index in [2.05, 4.69) is 20.7 Å². The molecule has 0 aliphatic carbocycles. The number of rotatable bonds is 3. The SMILES string of the molecule is Nc1ccc(Br)cc1S(=O)(=O)NC1C=CS(=O)(=O)C1. The summed E-state index contributed by atoms with van der Waals surface area (Å²) in [4.78, 5) is -0.0837. The zero-order valence-corrected chi connectivity index (χ0v) is 12.8. The van der Waals surface area contributed by atoms with Crippen molar-refractivity contribution in [2.24, 2.45) is 0 Å². The fourth-order valence-corrected chi connectivity index (χ4v) is 4.85. The average Bonchev–Trinajstić information content (AvgIpc) is 2.60. The summed E-state index contributed by atoms with van der Waals surface area (Å²) in [6, 6.07) is 3.67. The summed E-state index contributed by atoms with van der Waals surface area (Å²) in [5.41, 5.74) is 5.72. The van der Waals surface area contributed by atoms with Gasteiger partial charge in [0.2, 0.25) is 10.0 Å². The van der Waals surface area contributed by atoms with Crippen molar-refractivity contribution in [3.05, 3.63) is 34.2 Å². The number of halogens is 1. The molecule has 1 aliphatic heterocycles. The monoisotopic (exact) mass is 366 g/mol. The van der Waals surface area contributed by atoms with E-state index in [0.717, 1.165) is 5.41 Å². The highest BCUT2D eigenvalue weighted by Gasteiger charge is 2.27. The van der Waals surface area contributed by atoms with Gasteiger partial charge in [-0.05, 0) is 18.2 Å². The van der Waals surface area contributed by atoms with Crippen LogP contribution in [0.2, 0.25) is 0 Å². The van der Waals surface area contributed by atoms with Crippen LogP contribution in [0.4, 0.5) is 5.69 Å². The molecule has 0 bridgehead atoms. The van der Waals surface area contributed by atoms with Gasteiger partial charge in [-0.2, -0.15) is 0 Å². The maximum atomic E-state index is 12.1. The van der Waals surface area contributed by atoms with Gasteiger partial charge in [-0.3, -0.25) is 0 Å². The van der Waals surface area contributed by atoms with Crippen LogP contribution in [0.1, 0.15) is 0 Å². The molecule has 9 heteroatoms. The average molecular weight is 367 g/mol. The number of sulfonamides is 1. The molecule has 2 rings (SSSR count). The molecule has 1 aromatic rings. The predicted octanol–water partition coefficient (Wildman–Crippen LogP) is 0.620. The predicted molar refractivity (Wildman–Crippen MR) is 75.6 cm³/mol. The lowest BCUT2D eigenvalue weighted by Gasteiger charge is -2.12. The molecule has 6 nitrogen and oxygen atoms in total. The van der Waals surface area contributed by atoms with Crippen molar-refractivity contribution in [2.75, 3.05) is 11.5 Å². The van der Waals surface area contributed by atoms with E-state index in [1.807, 2.05) is 0 Å². The van der Waals surface area contributed by atoms with Crippen LogP contribution in [0.5, 0.6) is 0 Å². The van der Waals surface area contributed by atoms with Gasteiger partial charge in [0, 0.05) is 9.88 Å². The molecule has 19 heavy (non-hydrogen) atoms. The molecule has 0 aromatic heterocycles. The van der Waals surface area contributed by atoms with Crippen LogP contribution < -0.4 is 10.5 Å². The van der Waals surface area contributed by atoms with Crippen LogP contribution in [-0.4, -0.2) is 28.6 Å². The molecule has 1 atom stereocenters.